The Labute approximate surface area is 74.2 Å². The molecule has 0 aromatic heterocycles. The predicted octanol–water partition coefficient (Wildman–Crippen LogP) is 2.88. The lowest BCUT2D eigenvalue weighted by atomic mass is 9.72. The van der Waals surface area contributed by atoms with Gasteiger partial charge in [0.05, 0.1) is 0 Å². The lowest BCUT2D eigenvalue weighted by Crippen LogP contribution is -2.24. The molecule has 0 saturated heterocycles. The fraction of sp³-hybridized carbons (Fsp3) is 0.545. The zero-order chi connectivity index (χ0) is 9.35. The molecule has 0 amide bonds. The van der Waals surface area contributed by atoms with E-state index in [-0.39, 0.29) is 11.2 Å². The molecule has 0 radical (unpaired) electrons. The zero-order valence-corrected chi connectivity index (χ0v) is 8.11. The molecule has 0 aromatic rings. The van der Waals surface area contributed by atoms with Crippen LogP contribution in [0.1, 0.15) is 33.6 Å². The highest BCUT2D eigenvalue weighted by atomic mass is 16.1. The van der Waals surface area contributed by atoms with Gasteiger partial charge in [-0.3, -0.25) is 4.79 Å². The van der Waals surface area contributed by atoms with E-state index in [1.54, 1.807) is 0 Å². The first-order chi connectivity index (χ1) is 5.49. The second-order valence-electron chi connectivity index (χ2n) is 4.05. The standard InChI is InChI=1S/C11H16O/c1-5-9-8(2)10(12)6-7-11(9,3)4/h5H,1,6-7H2,2-4H3. The van der Waals surface area contributed by atoms with E-state index in [2.05, 4.69) is 20.4 Å². The van der Waals surface area contributed by atoms with E-state index in [4.69, 9.17) is 0 Å². The second kappa shape index (κ2) is 2.89. The van der Waals surface area contributed by atoms with E-state index >= 15 is 0 Å². The van der Waals surface area contributed by atoms with Crippen molar-refractivity contribution in [3.05, 3.63) is 23.8 Å². The molecule has 12 heavy (non-hydrogen) atoms. The summed E-state index contributed by atoms with van der Waals surface area (Å²) in [6.07, 6.45) is 3.47. The number of allylic oxidation sites excluding steroid dienone is 3. The summed E-state index contributed by atoms with van der Waals surface area (Å²) in [7, 11) is 0. The fourth-order valence-corrected chi connectivity index (χ4v) is 1.84. The average molecular weight is 164 g/mol. The van der Waals surface area contributed by atoms with Crippen molar-refractivity contribution in [2.45, 2.75) is 33.6 Å². The highest BCUT2D eigenvalue weighted by molar-refractivity contribution is 5.97. The molecule has 0 aromatic carbocycles. The van der Waals surface area contributed by atoms with Crippen LogP contribution in [0, 0.1) is 5.41 Å². The lowest BCUT2D eigenvalue weighted by Gasteiger charge is -2.31. The van der Waals surface area contributed by atoms with Gasteiger partial charge in [0.15, 0.2) is 5.78 Å². The highest BCUT2D eigenvalue weighted by Gasteiger charge is 2.30. The number of hydrogen-bond acceptors (Lipinski definition) is 1. The van der Waals surface area contributed by atoms with Gasteiger partial charge in [-0.05, 0) is 29.9 Å². The van der Waals surface area contributed by atoms with Gasteiger partial charge in [0, 0.05) is 6.42 Å². The zero-order valence-electron chi connectivity index (χ0n) is 8.11. The number of carbonyl (C=O) groups excluding carboxylic acids is 1. The number of Topliss-reactive ketones (excluding diaryl/α,β-unsaturated/α-hetero) is 1. The Morgan fingerprint density at radius 2 is 2.08 bits per heavy atom. The Morgan fingerprint density at radius 3 is 2.50 bits per heavy atom. The molecule has 0 atom stereocenters. The van der Waals surface area contributed by atoms with Crippen LogP contribution in [-0.2, 0) is 4.79 Å². The van der Waals surface area contributed by atoms with E-state index in [0.717, 1.165) is 17.6 Å². The molecule has 1 nitrogen and oxygen atoms in total. The van der Waals surface area contributed by atoms with Crippen molar-refractivity contribution in [2.24, 2.45) is 5.41 Å². The molecule has 0 heterocycles. The topological polar surface area (TPSA) is 17.1 Å². The maximum atomic E-state index is 11.3. The third-order valence-corrected chi connectivity index (χ3v) is 2.73. The van der Waals surface area contributed by atoms with E-state index in [1.807, 2.05) is 13.0 Å². The third-order valence-electron chi connectivity index (χ3n) is 2.73. The first-order valence-electron chi connectivity index (χ1n) is 4.36. The Morgan fingerprint density at radius 1 is 1.50 bits per heavy atom. The smallest absolute Gasteiger partial charge is 0.158 e. The molecule has 1 aliphatic rings. The molecule has 1 heteroatoms. The van der Waals surface area contributed by atoms with Crippen molar-refractivity contribution < 1.29 is 4.79 Å². The molecule has 0 saturated carbocycles. The van der Waals surface area contributed by atoms with Crippen molar-refractivity contribution in [1.82, 2.24) is 0 Å². The van der Waals surface area contributed by atoms with Gasteiger partial charge in [-0.2, -0.15) is 0 Å². The minimum absolute atomic E-state index is 0.139. The maximum absolute atomic E-state index is 11.3. The van der Waals surface area contributed by atoms with Gasteiger partial charge in [0.25, 0.3) is 0 Å². The first kappa shape index (κ1) is 9.24. The van der Waals surface area contributed by atoms with E-state index in [1.165, 1.54) is 0 Å². The van der Waals surface area contributed by atoms with Crippen LogP contribution in [-0.4, -0.2) is 5.78 Å². The van der Waals surface area contributed by atoms with E-state index in [0.29, 0.717) is 6.42 Å². The summed E-state index contributed by atoms with van der Waals surface area (Å²) >= 11 is 0. The molecule has 66 valence electrons. The highest BCUT2D eigenvalue weighted by Crippen LogP contribution is 2.38. The summed E-state index contributed by atoms with van der Waals surface area (Å²) in [5.41, 5.74) is 2.17. The van der Waals surface area contributed by atoms with Gasteiger partial charge in [-0.25, -0.2) is 0 Å². The Bertz CT molecular complexity index is 256. The van der Waals surface area contributed by atoms with Gasteiger partial charge in [-0.15, -0.1) is 0 Å². The number of carbonyl (C=O) groups is 1. The summed E-state index contributed by atoms with van der Waals surface area (Å²) in [6.45, 7) is 9.99. The van der Waals surface area contributed by atoms with Crippen LogP contribution in [0.3, 0.4) is 0 Å². The monoisotopic (exact) mass is 164 g/mol. The number of hydrogen-bond donors (Lipinski definition) is 0. The maximum Gasteiger partial charge on any atom is 0.158 e. The van der Waals surface area contributed by atoms with Gasteiger partial charge in [-0.1, -0.05) is 26.5 Å². The van der Waals surface area contributed by atoms with Crippen molar-refractivity contribution in [3.8, 4) is 0 Å². The molecule has 0 spiro atoms. The second-order valence-corrected chi connectivity index (χ2v) is 4.05. The normalized spacial score (nSPS) is 22.8. The van der Waals surface area contributed by atoms with E-state index in [9.17, 15) is 4.79 Å². The van der Waals surface area contributed by atoms with Gasteiger partial charge < -0.3 is 0 Å². The van der Waals surface area contributed by atoms with Gasteiger partial charge in [0.1, 0.15) is 0 Å². The Kier molecular flexibility index (Phi) is 2.22. The van der Waals surface area contributed by atoms with Crippen LogP contribution < -0.4 is 0 Å². The van der Waals surface area contributed by atoms with Gasteiger partial charge in [0.2, 0.25) is 0 Å². The SMILES string of the molecule is C=CC1=C(C)C(=O)CCC1(C)C. The average Bonchev–Trinajstić information content (AvgIpc) is 1.99. The molecule has 0 fully saturated rings. The van der Waals surface area contributed by atoms with Crippen molar-refractivity contribution >= 4 is 5.78 Å². The Balaban J connectivity index is 3.18. The summed E-state index contributed by atoms with van der Waals surface area (Å²) in [6, 6.07) is 0. The molecule has 0 N–H and O–H groups in total. The summed E-state index contributed by atoms with van der Waals surface area (Å²) in [4.78, 5) is 11.3. The van der Waals surface area contributed by atoms with Crippen molar-refractivity contribution in [2.75, 3.05) is 0 Å². The van der Waals surface area contributed by atoms with Gasteiger partial charge >= 0.3 is 0 Å². The minimum Gasteiger partial charge on any atom is -0.295 e. The van der Waals surface area contributed by atoms with Crippen LogP contribution in [0.15, 0.2) is 23.8 Å². The molecule has 1 aliphatic carbocycles. The van der Waals surface area contributed by atoms with E-state index < -0.39 is 0 Å². The molecular formula is C11H16O. The summed E-state index contributed by atoms with van der Waals surface area (Å²) in [5, 5.41) is 0. The largest absolute Gasteiger partial charge is 0.295 e. The molecule has 0 bridgehead atoms. The Hall–Kier alpha value is -0.850. The van der Waals surface area contributed by atoms with Crippen molar-refractivity contribution in [3.63, 3.8) is 0 Å². The molecule has 0 unspecified atom stereocenters. The summed E-state index contributed by atoms with van der Waals surface area (Å²) < 4.78 is 0. The van der Waals surface area contributed by atoms with Crippen LogP contribution >= 0.6 is 0 Å². The fourth-order valence-electron chi connectivity index (χ4n) is 1.84. The quantitative estimate of drug-likeness (QED) is 0.582. The lowest BCUT2D eigenvalue weighted by molar-refractivity contribution is -0.116. The third kappa shape index (κ3) is 1.36. The van der Waals surface area contributed by atoms with Crippen LogP contribution in [0.5, 0.6) is 0 Å². The molecular weight excluding hydrogens is 148 g/mol. The van der Waals surface area contributed by atoms with Crippen LogP contribution in [0.2, 0.25) is 0 Å². The predicted molar refractivity (Wildman–Crippen MR) is 50.9 cm³/mol. The molecule has 1 rings (SSSR count). The van der Waals surface area contributed by atoms with Crippen molar-refractivity contribution in [1.29, 1.82) is 0 Å². The summed E-state index contributed by atoms with van der Waals surface area (Å²) in [5.74, 6) is 0.282. The minimum atomic E-state index is 0.139. The number of rotatable bonds is 1. The molecule has 0 aliphatic heterocycles. The first-order valence-corrected chi connectivity index (χ1v) is 4.36. The van der Waals surface area contributed by atoms with Crippen LogP contribution in [0.4, 0.5) is 0 Å². The van der Waals surface area contributed by atoms with Crippen LogP contribution in [0.25, 0.3) is 0 Å². The number of ketones is 1.